The highest BCUT2D eigenvalue weighted by atomic mass is 35.5. The Labute approximate surface area is 193 Å². The molecule has 2 unspecified atom stereocenters. The van der Waals surface area contributed by atoms with Gasteiger partial charge in [0, 0.05) is 30.6 Å². The van der Waals surface area contributed by atoms with Crippen molar-refractivity contribution in [2.45, 2.75) is 50.1 Å². The summed E-state index contributed by atoms with van der Waals surface area (Å²) in [7, 11) is 0. The van der Waals surface area contributed by atoms with Gasteiger partial charge in [0.2, 0.25) is 5.91 Å². The number of carbonyl (C=O) groups excluding carboxylic acids is 1. The van der Waals surface area contributed by atoms with Crippen LogP contribution < -0.4 is 15.8 Å². The molecule has 5 nitrogen and oxygen atoms in total. The molecule has 0 aromatic heterocycles. The van der Waals surface area contributed by atoms with Crippen molar-refractivity contribution in [3.63, 3.8) is 0 Å². The number of halogens is 2. The average molecular weight is 469 g/mol. The first-order valence-electron chi connectivity index (χ1n) is 10.4. The van der Waals surface area contributed by atoms with Crippen LogP contribution in [0.2, 0.25) is 10.0 Å². The van der Waals surface area contributed by atoms with Gasteiger partial charge in [-0.1, -0.05) is 53.9 Å². The van der Waals surface area contributed by atoms with Crippen LogP contribution in [0.1, 0.15) is 33.1 Å². The van der Waals surface area contributed by atoms with Gasteiger partial charge in [-0.3, -0.25) is 4.79 Å². The lowest BCUT2D eigenvalue weighted by Crippen LogP contribution is -2.52. The molecule has 0 bridgehead atoms. The zero-order valence-corrected chi connectivity index (χ0v) is 19.8. The zero-order valence-electron chi connectivity index (χ0n) is 17.5. The molecule has 0 saturated carbocycles. The van der Waals surface area contributed by atoms with Gasteiger partial charge in [-0.05, 0) is 56.2 Å². The van der Waals surface area contributed by atoms with Crippen LogP contribution in [0.3, 0.4) is 0 Å². The van der Waals surface area contributed by atoms with Crippen LogP contribution in [-0.2, 0) is 4.79 Å². The number of nitrogens with two attached hydrogens (primary N) is 1. The molecule has 1 fully saturated rings. The number of likely N-dealkylation sites (tertiary alicyclic amines) is 1. The summed E-state index contributed by atoms with van der Waals surface area (Å²) in [5, 5.41) is 4.35. The molecule has 0 spiro atoms. The van der Waals surface area contributed by atoms with Crippen LogP contribution in [-0.4, -0.2) is 42.5 Å². The summed E-state index contributed by atoms with van der Waals surface area (Å²) >= 11 is 13.7. The molecule has 8 heteroatoms. The maximum absolute atomic E-state index is 13.3. The Balaban J connectivity index is 1.66. The lowest BCUT2D eigenvalue weighted by atomic mass is 9.98. The molecular weight excluding hydrogens is 439 g/mol. The van der Waals surface area contributed by atoms with Crippen LogP contribution in [0.4, 0.5) is 5.69 Å². The van der Waals surface area contributed by atoms with E-state index in [4.69, 9.17) is 28.9 Å². The number of amides is 1. The third-order valence-electron chi connectivity index (χ3n) is 5.62. The minimum atomic E-state index is -0.363. The zero-order chi connectivity index (χ0) is 21.7. The van der Waals surface area contributed by atoms with E-state index in [0.29, 0.717) is 28.2 Å². The van der Waals surface area contributed by atoms with E-state index in [9.17, 15) is 4.79 Å². The summed E-state index contributed by atoms with van der Waals surface area (Å²) in [6.45, 7) is 6.53. The Bertz CT molecular complexity index is 798. The van der Waals surface area contributed by atoms with Gasteiger partial charge in [0.15, 0.2) is 0 Å². The lowest BCUT2D eigenvalue weighted by molar-refractivity contribution is -0.134. The number of rotatable bonds is 7. The van der Waals surface area contributed by atoms with Crippen LogP contribution in [0.15, 0.2) is 40.8 Å². The monoisotopic (exact) mass is 468 g/mol. The van der Waals surface area contributed by atoms with Gasteiger partial charge in [0.1, 0.15) is 6.04 Å². The van der Waals surface area contributed by atoms with Crippen LogP contribution >= 0.6 is 35.1 Å². The Hall–Kier alpha value is -1.18. The highest BCUT2D eigenvalue weighted by Crippen LogP contribution is 2.32. The van der Waals surface area contributed by atoms with E-state index >= 15 is 0 Å². The topological polar surface area (TPSA) is 70.4 Å². The van der Waals surface area contributed by atoms with Crippen LogP contribution in [0.5, 0.6) is 0 Å². The van der Waals surface area contributed by atoms with E-state index in [1.165, 1.54) is 17.5 Å². The van der Waals surface area contributed by atoms with E-state index < -0.39 is 0 Å². The van der Waals surface area contributed by atoms with Crippen molar-refractivity contribution in [3.05, 3.63) is 46.0 Å². The molecule has 2 atom stereocenters. The fourth-order valence-electron chi connectivity index (χ4n) is 3.63. The highest BCUT2D eigenvalue weighted by molar-refractivity contribution is 7.97. The summed E-state index contributed by atoms with van der Waals surface area (Å²) < 4.78 is 3.34. The van der Waals surface area contributed by atoms with Gasteiger partial charge in [-0.2, -0.15) is 0 Å². The number of hydrogen-bond donors (Lipinski definition) is 3. The molecule has 1 aromatic carbocycles. The quantitative estimate of drug-likeness (QED) is 0.400. The highest BCUT2D eigenvalue weighted by Gasteiger charge is 2.28. The normalized spacial score (nSPS) is 20.9. The average Bonchev–Trinajstić information content (AvgIpc) is 2.72. The predicted molar refractivity (Wildman–Crippen MR) is 128 cm³/mol. The van der Waals surface area contributed by atoms with E-state index in [-0.39, 0.29) is 18.0 Å². The number of nitrogen functional groups attached to an aromatic ring is 1. The van der Waals surface area contributed by atoms with Gasteiger partial charge in [0.25, 0.3) is 0 Å². The molecule has 30 heavy (non-hydrogen) atoms. The summed E-state index contributed by atoms with van der Waals surface area (Å²) in [4.78, 5) is 16.1. The Morgan fingerprint density at radius 1 is 1.30 bits per heavy atom. The fourth-order valence-corrected chi connectivity index (χ4v) is 5.07. The van der Waals surface area contributed by atoms with Gasteiger partial charge in [-0.25, -0.2) is 4.72 Å². The Morgan fingerprint density at radius 2 is 1.97 bits per heavy atom. The SMILES string of the molecule is CC1=CC=CC(NCC(NSc2cc(Cl)c(N)c(Cl)c2)C(=O)N2CCC(C)CC2)C1. The molecule has 2 aliphatic rings. The van der Waals surface area contributed by atoms with Gasteiger partial charge in [-0.15, -0.1) is 0 Å². The molecule has 1 saturated heterocycles. The van der Waals surface area contributed by atoms with Crippen molar-refractivity contribution in [1.29, 1.82) is 0 Å². The number of anilines is 1. The van der Waals surface area contributed by atoms with Crippen LogP contribution in [0.25, 0.3) is 0 Å². The molecule has 1 aliphatic carbocycles. The van der Waals surface area contributed by atoms with E-state index in [0.717, 1.165) is 37.2 Å². The standard InChI is InChI=1S/C22H30Cl2N4OS/c1-14-6-8-28(9-7-14)22(29)20(13-26-16-5-3-4-15(2)10-16)27-30-17-11-18(23)21(25)19(24)12-17/h3-5,11-12,14,16,20,26-27H,6-10,13,25H2,1-2H3. The van der Waals surface area contributed by atoms with E-state index in [1.54, 1.807) is 12.1 Å². The minimum absolute atomic E-state index is 0.126. The molecule has 1 amide bonds. The molecule has 1 aliphatic heterocycles. The van der Waals surface area contributed by atoms with Gasteiger partial charge < -0.3 is 16.0 Å². The Kier molecular flexibility index (Phi) is 8.54. The fraction of sp³-hybridized carbons (Fsp3) is 0.500. The van der Waals surface area contributed by atoms with Crippen LogP contribution in [0, 0.1) is 5.92 Å². The second-order valence-corrected chi connectivity index (χ2v) is 9.92. The predicted octanol–water partition coefficient (Wildman–Crippen LogP) is 4.66. The van der Waals surface area contributed by atoms with Crippen molar-refractivity contribution in [2.24, 2.45) is 5.92 Å². The molecule has 164 valence electrons. The van der Waals surface area contributed by atoms with Crippen molar-refractivity contribution >= 4 is 46.7 Å². The maximum atomic E-state index is 13.3. The van der Waals surface area contributed by atoms with Crippen molar-refractivity contribution in [1.82, 2.24) is 14.9 Å². The number of benzene rings is 1. The van der Waals surface area contributed by atoms with Crippen molar-refractivity contribution in [3.8, 4) is 0 Å². The number of nitrogens with one attached hydrogen (secondary N) is 2. The van der Waals surface area contributed by atoms with Gasteiger partial charge >= 0.3 is 0 Å². The maximum Gasteiger partial charge on any atom is 0.241 e. The third kappa shape index (κ3) is 6.41. The number of nitrogens with zero attached hydrogens (tertiary/aromatic N) is 1. The molecule has 0 radical (unpaired) electrons. The summed E-state index contributed by atoms with van der Waals surface area (Å²) in [5.41, 5.74) is 7.53. The Morgan fingerprint density at radius 3 is 2.60 bits per heavy atom. The molecular formula is C22H30Cl2N4OS. The van der Waals surface area contributed by atoms with Crippen molar-refractivity contribution in [2.75, 3.05) is 25.4 Å². The second-order valence-electron chi connectivity index (χ2n) is 8.20. The largest absolute Gasteiger partial charge is 0.396 e. The first-order chi connectivity index (χ1) is 14.3. The summed E-state index contributed by atoms with van der Waals surface area (Å²) in [5.74, 6) is 0.802. The van der Waals surface area contributed by atoms with E-state index in [2.05, 4.69) is 42.1 Å². The number of carbonyl (C=O) groups is 1. The molecule has 1 aromatic rings. The van der Waals surface area contributed by atoms with E-state index in [1.807, 2.05) is 4.90 Å². The first kappa shape index (κ1) is 23.5. The smallest absolute Gasteiger partial charge is 0.241 e. The molecule has 3 rings (SSSR count). The number of piperidine rings is 1. The summed E-state index contributed by atoms with van der Waals surface area (Å²) in [6.07, 6.45) is 9.40. The molecule has 1 heterocycles. The second kappa shape index (κ2) is 10.9. The summed E-state index contributed by atoms with van der Waals surface area (Å²) in [6, 6.07) is 3.39. The number of hydrogen-bond acceptors (Lipinski definition) is 5. The minimum Gasteiger partial charge on any atom is -0.396 e. The first-order valence-corrected chi connectivity index (χ1v) is 11.9. The number of allylic oxidation sites excluding steroid dienone is 2. The molecule has 4 N–H and O–H groups in total. The lowest BCUT2D eigenvalue weighted by Gasteiger charge is -2.33. The van der Waals surface area contributed by atoms with Gasteiger partial charge in [0.05, 0.1) is 15.7 Å². The van der Waals surface area contributed by atoms with Crippen molar-refractivity contribution < 1.29 is 4.79 Å². The third-order valence-corrected chi connectivity index (χ3v) is 7.11.